The Bertz CT molecular complexity index is 722. The summed E-state index contributed by atoms with van der Waals surface area (Å²) in [6.45, 7) is 7.24. The zero-order valence-electron chi connectivity index (χ0n) is 14.9. The van der Waals surface area contributed by atoms with Gasteiger partial charge in [0.05, 0.1) is 13.7 Å². The van der Waals surface area contributed by atoms with Gasteiger partial charge in [-0.1, -0.05) is 32.0 Å². The van der Waals surface area contributed by atoms with Gasteiger partial charge in [-0.2, -0.15) is 0 Å². The van der Waals surface area contributed by atoms with Crippen molar-refractivity contribution < 1.29 is 4.74 Å². The summed E-state index contributed by atoms with van der Waals surface area (Å²) in [4.78, 5) is 7.07. The number of guanidine groups is 1. The molecule has 0 amide bonds. The van der Waals surface area contributed by atoms with E-state index in [2.05, 4.69) is 59.4 Å². The molecule has 4 heteroatoms. The predicted molar refractivity (Wildman–Crippen MR) is 101 cm³/mol. The van der Waals surface area contributed by atoms with Gasteiger partial charge in [0.15, 0.2) is 5.96 Å². The van der Waals surface area contributed by atoms with Gasteiger partial charge in [0.2, 0.25) is 0 Å². The van der Waals surface area contributed by atoms with Gasteiger partial charge in [0.1, 0.15) is 5.75 Å². The first-order valence-electron chi connectivity index (χ1n) is 8.86. The largest absolute Gasteiger partial charge is 0.497 e. The molecule has 2 aromatic rings. The first kappa shape index (κ1) is 16.6. The van der Waals surface area contributed by atoms with Crippen LogP contribution in [0.4, 0.5) is 0 Å². The monoisotopic (exact) mass is 325 g/mol. The lowest BCUT2D eigenvalue weighted by atomic mass is 10.1. The maximum absolute atomic E-state index is 5.29. The molecule has 1 heterocycles. The number of benzene rings is 2. The minimum absolute atomic E-state index is 0.586. The molecular weight excluding hydrogens is 298 g/mol. The van der Waals surface area contributed by atoms with Crippen LogP contribution in [0.5, 0.6) is 5.75 Å². The van der Waals surface area contributed by atoms with Gasteiger partial charge in [-0.15, -0.1) is 0 Å². The quantitative estimate of drug-likeness (QED) is 0.878. The average molecular weight is 325 g/mol. The molecular formula is C20H27N3O. The number of fused-ring (bicyclic) bond motifs is 1. The van der Waals surface area contributed by atoms with Gasteiger partial charge >= 0.3 is 0 Å². The normalized spacial score (nSPS) is 14.3. The Morgan fingerprint density at radius 2 is 1.88 bits per heavy atom. The fourth-order valence-electron chi connectivity index (χ4n) is 3.39. The first-order valence-corrected chi connectivity index (χ1v) is 8.86. The van der Waals surface area contributed by atoms with E-state index in [9.17, 15) is 0 Å². The van der Waals surface area contributed by atoms with Gasteiger partial charge in [0.25, 0.3) is 0 Å². The number of nitrogens with one attached hydrogen (secondary N) is 1. The van der Waals surface area contributed by atoms with Crippen LogP contribution in [0.3, 0.4) is 0 Å². The van der Waals surface area contributed by atoms with Gasteiger partial charge < -0.3 is 15.0 Å². The third kappa shape index (κ3) is 3.48. The van der Waals surface area contributed by atoms with Crippen LogP contribution in [0.15, 0.2) is 41.4 Å². The van der Waals surface area contributed by atoms with Gasteiger partial charge in [0, 0.05) is 19.1 Å². The lowest BCUT2D eigenvalue weighted by molar-refractivity contribution is 0.309. The molecule has 0 atom stereocenters. The van der Waals surface area contributed by atoms with E-state index >= 15 is 0 Å². The molecule has 0 radical (unpaired) electrons. The van der Waals surface area contributed by atoms with Gasteiger partial charge in [-0.3, -0.25) is 4.99 Å². The fraction of sp³-hybridized carbons (Fsp3) is 0.450. The van der Waals surface area contributed by atoms with Crippen molar-refractivity contribution in [3.8, 4) is 5.75 Å². The van der Waals surface area contributed by atoms with Crippen LogP contribution in [-0.2, 0) is 6.54 Å². The molecule has 128 valence electrons. The number of methoxy groups -OCH3 is 1. The van der Waals surface area contributed by atoms with Gasteiger partial charge in [-0.05, 0) is 47.4 Å². The third-order valence-corrected chi connectivity index (χ3v) is 4.82. The topological polar surface area (TPSA) is 36.9 Å². The fourth-order valence-corrected chi connectivity index (χ4v) is 3.39. The van der Waals surface area contributed by atoms with Crippen molar-refractivity contribution in [2.24, 2.45) is 4.99 Å². The van der Waals surface area contributed by atoms with Crippen LogP contribution >= 0.6 is 0 Å². The number of hydrogen-bond donors (Lipinski definition) is 1. The highest BCUT2D eigenvalue weighted by molar-refractivity contribution is 5.85. The Hall–Kier alpha value is -2.23. The highest BCUT2D eigenvalue weighted by Gasteiger charge is 2.22. The molecule has 0 saturated carbocycles. The van der Waals surface area contributed by atoms with Gasteiger partial charge in [-0.25, -0.2) is 0 Å². The third-order valence-electron chi connectivity index (χ3n) is 4.82. The summed E-state index contributed by atoms with van der Waals surface area (Å²) < 4.78 is 5.29. The summed E-state index contributed by atoms with van der Waals surface area (Å²) in [6, 6.07) is 13.3. The summed E-state index contributed by atoms with van der Waals surface area (Å²) in [7, 11) is 1.70. The Morgan fingerprint density at radius 3 is 2.62 bits per heavy atom. The number of ether oxygens (including phenoxy) is 1. The zero-order chi connectivity index (χ0) is 16.9. The molecule has 1 N–H and O–H groups in total. The maximum Gasteiger partial charge on any atom is 0.194 e. The summed E-state index contributed by atoms with van der Waals surface area (Å²) in [6.07, 6.45) is 2.32. The van der Waals surface area contributed by atoms with Crippen molar-refractivity contribution in [3.05, 3.63) is 42.0 Å². The SMILES string of the molecule is CCC(CC)N1CCN=C1NCc1ccc2cc(OC)ccc2c1. The number of rotatable bonds is 6. The summed E-state index contributed by atoms with van der Waals surface area (Å²) >= 11 is 0. The van der Waals surface area contributed by atoms with Crippen LogP contribution in [-0.4, -0.2) is 37.1 Å². The van der Waals surface area contributed by atoms with Crippen LogP contribution in [0.25, 0.3) is 10.8 Å². The molecule has 3 rings (SSSR count). The predicted octanol–water partition coefficient (Wildman–Crippen LogP) is 3.80. The van der Waals surface area contributed by atoms with Crippen molar-refractivity contribution in [1.29, 1.82) is 0 Å². The lowest BCUT2D eigenvalue weighted by Gasteiger charge is -2.29. The van der Waals surface area contributed by atoms with Crippen molar-refractivity contribution in [2.75, 3.05) is 20.2 Å². The molecule has 0 saturated heterocycles. The first-order chi connectivity index (χ1) is 11.7. The number of hydrogen-bond acceptors (Lipinski definition) is 4. The smallest absolute Gasteiger partial charge is 0.194 e. The molecule has 0 fully saturated rings. The van der Waals surface area contributed by atoms with Crippen LogP contribution in [0.1, 0.15) is 32.3 Å². The number of aliphatic imine (C=N–C) groups is 1. The molecule has 24 heavy (non-hydrogen) atoms. The zero-order valence-corrected chi connectivity index (χ0v) is 14.9. The van der Waals surface area contributed by atoms with E-state index in [1.54, 1.807) is 7.11 Å². The van der Waals surface area contributed by atoms with Crippen LogP contribution in [0.2, 0.25) is 0 Å². The standard InChI is InChI=1S/C20H27N3O/c1-4-18(5-2)23-11-10-21-20(23)22-14-15-6-7-17-13-19(24-3)9-8-16(17)12-15/h6-9,12-13,18H,4-5,10-11,14H2,1-3H3,(H,21,22). The van der Waals surface area contributed by atoms with E-state index in [-0.39, 0.29) is 0 Å². The Balaban J connectivity index is 1.69. The summed E-state index contributed by atoms with van der Waals surface area (Å²) in [5.41, 5.74) is 1.27. The lowest BCUT2D eigenvalue weighted by Crippen LogP contribution is -2.44. The summed E-state index contributed by atoms with van der Waals surface area (Å²) in [5, 5.41) is 5.98. The van der Waals surface area contributed by atoms with E-state index in [4.69, 9.17) is 4.74 Å². The van der Waals surface area contributed by atoms with E-state index < -0.39 is 0 Å². The van der Waals surface area contributed by atoms with Crippen molar-refractivity contribution >= 4 is 16.7 Å². The molecule has 0 aromatic heterocycles. The van der Waals surface area contributed by atoms with Crippen molar-refractivity contribution in [1.82, 2.24) is 10.2 Å². The number of nitrogens with zero attached hydrogens (tertiary/aromatic N) is 2. The highest BCUT2D eigenvalue weighted by atomic mass is 16.5. The minimum atomic E-state index is 0.586. The Labute approximate surface area is 144 Å². The molecule has 1 aliphatic rings. The second-order valence-corrected chi connectivity index (χ2v) is 6.27. The van der Waals surface area contributed by atoms with Crippen LogP contribution in [0, 0.1) is 0 Å². The highest BCUT2D eigenvalue weighted by Crippen LogP contribution is 2.22. The molecule has 0 bridgehead atoms. The average Bonchev–Trinajstić information content (AvgIpc) is 3.09. The molecule has 0 unspecified atom stereocenters. The van der Waals surface area contributed by atoms with E-state index in [1.807, 2.05) is 6.07 Å². The van der Waals surface area contributed by atoms with Crippen molar-refractivity contribution in [3.63, 3.8) is 0 Å². The molecule has 2 aromatic carbocycles. The molecule has 1 aliphatic heterocycles. The maximum atomic E-state index is 5.29. The molecule has 4 nitrogen and oxygen atoms in total. The van der Waals surface area contributed by atoms with Crippen molar-refractivity contribution in [2.45, 2.75) is 39.3 Å². The van der Waals surface area contributed by atoms with Crippen LogP contribution < -0.4 is 10.1 Å². The molecule has 0 spiro atoms. The van der Waals surface area contributed by atoms with E-state index in [1.165, 1.54) is 16.3 Å². The Kier molecular flexibility index (Phi) is 5.24. The summed E-state index contributed by atoms with van der Waals surface area (Å²) in [5.74, 6) is 1.95. The van der Waals surface area contributed by atoms with E-state index in [0.29, 0.717) is 6.04 Å². The second-order valence-electron chi connectivity index (χ2n) is 6.27. The Morgan fingerprint density at radius 1 is 1.12 bits per heavy atom. The molecule has 0 aliphatic carbocycles. The minimum Gasteiger partial charge on any atom is -0.497 e. The van der Waals surface area contributed by atoms with E-state index in [0.717, 1.165) is 44.2 Å². The second kappa shape index (κ2) is 7.56.